The molecule has 2 aliphatic heterocycles. The van der Waals surface area contributed by atoms with Gasteiger partial charge in [-0.25, -0.2) is 0 Å². The lowest BCUT2D eigenvalue weighted by molar-refractivity contribution is -0.160. The van der Waals surface area contributed by atoms with E-state index in [0.717, 1.165) is 22.9 Å². The fourth-order valence-electron chi connectivity index (χ4n) is 11.4. The first kappa shape index (κ1) is 78.3. The zero-order chi connectivity index (χ0) is 70.4. The summed E-state index contributed by atoms with van der Waals surface area (Å²) in [7, 11) is -2.47. The molecule has 95 heavy (non-hydrogen) atoms. The Kier molecular flexibility index (Phi) is 27.8. The number of ether oxygens (including phenoxy) is 6. The molecule has 0 radical (unpaired) electrons. The number of hydrogen-bond donors (Lipinski definition) is 4. The maximum Gasteiger partial charge on any atom is 0.495 e. The summed E-state index contributed by atoms with van der Waals surface area (Å²) in [6.45, 7) is 32.3. The van der Waals surface area contributed by atoms with E-state index in [4.69, 9.17) is 47.0 Å². The van der Waals surface area contributed by atoms with Crippen LogP contribution in [0.1, 0.15) is 146 Å². The van der Waals surface area contributed by atoms with Crippen LogP contribution in [-0.4, -0.2) is 211 Å². The molecule has 0 saturated carbocycles. The maximum absolute atomic E-state index is 14.4. The van der Waals surface area contributed by atoms with Crippen molar-refractivity contribution in [1.29, 1.82) is 0 Å². The molecule has 0 bridgehead atoms. The molecule has 0 aromatic heterocycles. The van der Waals surface area contributed by atoms with Crippen LogP contribution in [0.5, 0.6) is 11.5 Å². The molecule has 2 unspecified atom stereocenters. The SMILES string of the molecule is COC(=O)CN(CCN(CC(=O)OC)Cc1cc(OC(C)C)ccc1B1OC(C)(C)C(C)(CCC(C)(C)OC(=O)CN(CCN(Cc2ccccc2B(O)O)C(C=O)COC(C)(C)C)Cc2ccccc2B(O)O)O1)Cc1cc(OC(C)C)ccc1B1OC(C)(C)C(C)(C)O1. The van der Waals surface area contributed by atoms with E-state index in [2.05, 4.69) is 0 Å². The molecular formula is C69H104B4N4O18. The van der Waals surface area contributed by atoms with Crippen LogP contribution >= 0.6 is 0 Å². The summed E-state index contributed by atoms with van der Waals surface area (Å²) in [4.78, 5) is 61.5. The molecule has 4 N–H and O–H groups in total. The van der Waals surface area contributed by atoms with Gasteiger partial charge in [0, 0.05) is 52.4 Å². The molecule has 2 saturated heterocycles. The Morgan fingerprint density at radius 1 is 0.558 bits per heavy atom. The largest absolute Gasteiger partial charge is 0.495 e. The van der Waals surface area contributed by atoms with E-state index in [1.54, 1.807) is 48.5 Å². The van der Waals surface area contributed by atoms with Crippen LogP contribution in [0.2, 0.25) is 0 Å². The Morgan fingerprint density at radius 3 is 1.40 bits per heavy atom. The Labute approximate surface area is 565 Å². The summed E-state index contributed by atoms with van der Waals surface area (Å²) in [5, 5.41) is 41.4. The highest BCUT2D eigenvalue weighted by molar-refractivity contribution is 6.63. The molecule has 0 spiro atoms. The zero-order valence-electron chi connectivity index (χ0n) is 59.4. The highest BCUT2D eigenvalue weighted by atomic mass is 16.7. The Balaban J connectivity index is 1.23. The van der Waals surface area contributed by atoms with E-state index in [0.29, 0.717) is 47.5 Å². The van der Waals surface area contributed by atoms with E-state index in [1.165, 1.54) is 14.2 Å². The summed E-state index contributed by atoms with van der Waals surface area (Å²) in [6, 6.07) is 24.4. The lowest BCUT2D eigenvalue weighted by Crippen LogP contribution is -2.48. The topological polar surface area (TPSA) is 254 Å². The van der Waals surface area contributed by atoms with Crippen molar-refractivity contribution < 1.29 is 86.3 Å². The normalized spacial score (nSPS) is 17.3. The van der Waals surface area contributed by atoms with Crippen LogP contribution in [-0.2, 0) is 82.9 Å². The van der Waals surface area contributed by atoms with Crippen molar-refractivity contribution in [1.82, 2.24) is 19.6 Å². The first-order valence-electron chi connectivity index (χ1n) is 32.9. The number of carbonyl (C=O) groups excluding carboxylic acids is 4. The predicted octanol–water partition coefficient (Wildman–Crippen LogP) is 4.34. The fraction of sp³-hybridized carbons (Fsp3) is 0.594. The molecule has 6 rings (SSSR count). The summed E-state index contributed by atoms with van der Waals surface area (Å²) in [5.74, 6) is -0.231. The number of esters is 3. The number of rotatable bonds is 36. The third-order valence-electron chi connectivity index (χ3n) is 17.9. The molecule has 0 aliphatic carbocycles. The molecule has 22 nitrogen and oxygen atoms in total. The van der Waals surface area contributed by atoms with Crippen LogP contribution in [0.15, 0.2) is 84.9 Å². The van der Waals surface area contributed by atoms with Gasteiger partial charge in [-0.05, 0) is 192 Å². The van der Waals surface area contributed by atoms with Crippen molar-refractivity contribution in [3.8, 4) is 11.5 Å². The van der Waals surface area contributed by atoms with Crippen LogP contribution in [0.3, 0.4) is 0 Å². The molecule has 520 valence electrons. The molecule has 0 amide bonds. The standard InChI is InChI=1S/C69H104B4N4O18/c1-48(2)89-55-27-29-59(72-92-66(10,11)67(12,13)93-72)52(37-55)40-74(43-61(79)86-17)33-34-75(44-62(80)87-18)41-53-38-56(90-49(3)4)28-30-60(53)73-94-68(14,15)69(16,95-73)32-31-65(8,9)91-63(81)45-76(39-50-23-19-21-25-57(50)70(82)83)35-36-77(54(46-78)47-88-64(5,6)7)42-51-24-20-22-26-58(51)71(84)85/h19-30,37-38,46,48-49,54,82-85H,31-36,39-45,47H2,1-18H3. The monoisotopic (exact) mass is 1320 g/mol. The average Bonchev–Trinajstić information content (AvgIpc) is 1.62. The van der Waals surface area contributed by atoms with Gasteiger partial charge in [-0.2, -0.15) is 0 Å². The molecule has 2 atom stereocenters. The Hall–Kier alpha value is -5.70. The van der Waals surface area contributed by atoms with Gasteiger partial charge in [0.15, 0.2) is 0 Å². The quantitative estimate of drug-likeness (QED) is 0.0214. The predicted molar refractivity (Wildman–Crippen MR) is 368 cm³/mol. The highest BCUT2D eigenvalue weighted by Crippen LogP contribution is 2.43. The molecule has 4 aromatic rings. The van der Waals surface area contributed by atoms with Gasteiger partial charge in [0.25, 0.3) is 0 Å². The minimum Gasteiger partial charge on any atom is -0.491 e. The molecule has 26 heteroatoms. The van der Waals surface area contributed by atoms with Gasteiger partial charge >= 0.3 is 46.4 Å². The van der Waals surface area contributed by atoms with Gasteiger partial charge in [-0.1, -0.05) is 60.7 Å². The molecule has 2 heterocycles. The van der Waals surface area contributed by atoms with Gasteiger partial charge < -0.3 is 71.9 Å². The van der Waals surface area contributed by atoms with Crippen molar-refractivity contribution in [3.63, 3.8) is 0 Å². The van der Waals surface area contributed by atoms with Crippen molar-refractivity contribution in [2.45, 2.75) is 202 Å². The molecule has 2 fully saturated rings. The first-order chi connectivity index (χ1) is 44.4. The van der Waals surface area contributed by atoms with Crippen molar-refractivity contribution in [2.24, 2.45) is 0 Å². The number of carbonyl (C=O) groups is 4. The fourth-order valence-corrected chi connectivity index (χ4v) is 11.4. The van der Waals surface area contributed by atoms with E-state index in [9.17, 15) is 39.3 Å². The lowest BCUT2D eigenvalue weighted by atomic mass is 9.75. The molecule has 4 aromatic carbocycles. The Bertz CT molecular complexity index is 3170. The lowest BCUT2D eigenvalue weighted by Gasteiger charge is -2.39. The van der Waals surface area contributed by atoms with E-state index in [-0.39, 0.29) is 95.2 Å². The second-order valence-corrected chi connectivity index (χ2v) is 28.7. The van der Waals surface area contributed by atoms with Crippen LogP contribution in [0, 0.1) is 0 Å². The zero-order valence-corrected chi connectivity index (χ0v) is 59.4. The van der Waals surface area contributed by atoms with Gasteiger partial charge in [0.05, 0.1) is 86.7 Å². The second kappa shape index (κ2) is 33.7. The van der Waals surface area contributed by atoms with Crippen LogP contribution in [0.25, 0.3) is 0 Å². The van der Waals surface area contributed by atoms with E-state index in [1.807, 2.05) is 167 Å². The minimum atomic E-state index is -1.79. The molecular weight excluding hydrogens is 1220 g/mol. The highest BCUT2D eigenvalue weighted by Gasteiger charge is 2.56. The van der Waals surface area contributed by atoms with Crippen LogP contribution in [0.4, 0.5) is 0 Å². The van der Waals surface area contributed by atoms with Crippen LogP contribution < -0.4 is 31.3 Å². The number of nitrogens with zero attached hydrogens (tertiary/aromatic N) is 4. The third kappa shape index (κ3) is 22.7. The van der Waals surface area contributed by atoms with Gasteiger partial charge in [-0.3, -0.25) is 34.0 Å². The summed E-state index contributed by atoms with van der Waals surface area (Å²) >= 11 is 0. The van der Waals surface area contributed by atoms with Gasteiger partial charge in [-0.15, -0.1) is 0 Å². The number of hydrogen-bond acceptors (Lipinski definition) is 22. The third-order valence-corrected chi connectivity index (χ3v) is 17.9. The number of benzene rings is 4. The van der Waals surface area contributed by atoms with Crippen molar-refractivity contribution in [2.75, 3.05) is 66.6 Å². The minimum absolute atomic E-state index is 0.0359. The number of aldehydes is 1. The van der Waals surface area contributed by atoms with E-state index < -0.39 is 86.0 Å². The van der Waals surface area contributed by atoms with Crippen molar-refractivity contribution >= 4 is 74.5 Å². The summed E-state index contributed by atoms with van der Waals surface area (Å²) in [6.07, 6.45) is 1.24. The maximum atomic E-state index is 14.4. The first-order valence-corrected chi connectivity index (χ1v) is 32.9. The summed E-state index contributed by atoms with van der Waals surface area (Å²) in [5.41, 5.74) is 0.0346. The smallest absolute Gasteiger partial charge is 0.491 e. The van der Waals surface area contributed by atoms with Gasteiger partial charge in [0.2, 0.25) is 0 Å². The van der Waals surface area contributed by atoms with E-state index >= 15 is 0 Å². The van der Waals surface area contributed by atoms with Gasteiger partial charge in [0.1, 0.15) is 23.4 Å². The van der Waals surface area contributed by atoms with Crippen molar-refractivity contribution in [3.05, 3.63) is 107 Å². The Morgan fingerprint density at radius 2 is 0.968 bits per heavy atom. The summed E-state index contributed by atoms with van der Waals surface area (Å²) < 4.78 is 62.4. The molecule has 2 aliphatic rings. The second-order valence-electron chi connectivity index (χ2n) is 28.7. The number of methoxy groups -OCH3 is 2. The average molecular weight is 1320 g/mol.